The molecule has 194 valence electrons. The SMILES string of the molecule is Clc1ccc2c3c4c(ccc3n(-c3nc(-c5ccc6c(c5)oc5ccccc56)c5ccccc5n3)c2c1)CCC=C4. The van der Waals surface area contributed by atoms with E-state index in [4.69, 9.17) is 26.0 Å². The van der Waals surface area contributed by atoms with Crippen molar-refractivity contribution in [3.8, 4) is 17.2 Å². The number of nitrogens with zero attached hydrogens (tertiary/aromatic N) is 3. The van der Waals surface area contributed by atoms with Gasteiger partial charge in [0.05, 0.1) is 22.2 Å². The number of hydrogen-bond donors (Lipinski definition) is 0. The predicted octanol–water partition coefficient (Wildman–Crippen LogP) is 9.91. The number of benzene rings is 5. The minimum Gasteiger partial charge on any atom is -0.456 e. The number of allylic oxidation sites excluding steroid dienone is 1. The molecule has 5 aromatic carbocycles. The number of halogens is 1. The van der Waals surface area contributed by atoms with E-state index < -0.39 is 0 Å². The summed E-state index contributed by atoms with van der Waals surface area (Å²) >= 11 is 6.58. The number of furan rings is 1. The van der Waals surface area contributed by atoms with Gasteiger partial charge in [-0.3, -0.25) is 4.57 Å². The van der Waals surface area contributed by atoms with Crippen LogP contribution >= 0.6 is 11.6 Å². The molecule has 41 heavy (non-hydrogen) atoms. The van der Waals surface area contributed by atoms with Crippen molar-refractivity contribution in [2.75, 3.05) is 0 Å². The molecule has 0 atom stereocenters. The van der Waals surface area contributed by atoms with Crippen LogP contribution in [0.5, 0.6) is 0 Å². The van der Waals surface area contributed by atoms with Crippen molar-refractivity contribution in [3.63, 3.8) is 0 Å². The van der Waals surface area contributed by atoms with E-state index in [9.17, 15) is 0 Å². The van der Waals surface area contributed by atoms with E-state index in [-0.39, 0.29) is 0 Å². The van der Waals surface area contributed by atoms with Gasteiger partial charge in [0.15, 0.2) is 0 Å². The maximum Gasteiger partial charge on any atom is 0.235 e. The average molecular weight is 548 g/mol. The largest absolute Gasteiger partial charge is 0.456 e. The molecule has 9 rings (SSSR count). The first-order valence-corrected chi connectivity index (χ1v) is 14.2. The van der Waals surface area contributed by atoms with Crippen LogP contribution in [0.1, 0.15) is 17.5 Å². The lowest BCUT2D eigenvalue weighted by Crippen LogP contribution is -2.04. The minimum absolute atomic E-state index is 0.616. The van der Waals surface area contributed by atoms with Gasteiger partial charge in [-0.05, 0) is 66.4 Å². The van der Waals surface area contributed by atoms with Crippen molar-refractivity contribution >= 4 is 72.3 Å². The molecule has 0 fully saturated rings. The zero-order chi connectivity index (χ0) is 27.1. The summed E-state index contributed by atoms with van der Waals surface area (Å²) in [7, 11) is 0. The van der Waals surface area contributed by atoms with Gasteiger partial charge < -0.3 is 4.42 Å². The van der Waals surface area contributed by atoms with Crippen LogP contribution in [0, 0.1) is 0 Å². The number of aromatic nitrogens is 3. The highest BCUT2D eigenvalue weighted by molar-refractivity contribution is 6.31. The van der Waals surface area contributed by atoms with Gasteiger partial charge >= 0.3 is 0 Å². The Kier molecular flexibility index (Phi) is 4.75. The summed E-state index contributed by atoms with van der Waals surface area (Å²) in [4.78, 5) is 10.4. The fourth-order valence-corrected chi connectivity index (χ4v) is 6.64. The highest BCUT2D eigenvalue weighted by Crippen LogP contribution is 2.39. The van der Waals surface area contributed by atoms with Crippen molar-refractivity contribution in [3.05, 3.63) is 119 Å². The molecule has 0 unspecified atom stereocenters. The summed E-state index contributed by atoms with van der Waals surface area (Å²) in [6, 6.07) is 33.3. The lowest BCUT2D eigenvalue weighted by molar-refractivity contribution is 0.669. The fourth-order valence-electron chi connectivity index (χ4n) is 6.47. The monoisotopic (exact) mass is 547 g/mol. The van der Waals surface area contributed by atoms with Crippen molar-refractivity contribution in [1.82, 2.24) is 14.5 Å². The molecular formula is C36H22ClN3O. The molecule has 4 nitrogen and oxygen atoms in total. The fraction of sp³-hybridized carbons (Fsp3) is 0.0556. The Morgan fingerprint density at radius 1 is 0.707 bits per heavy atom. The maximum atomic E-state index is 6.58. The van der Waals surface area contributed by atoms with E-state index in [1.54, 1.807) is 0 Å². The molecule has 0 N–H and O–H groups in total. The van der Waals surface area contributed by atoms with Crippen LogP contribution in [0.2, 0.25) is 5.02 Å². The van der Waals surface area contributed by atoms with Gasteiger partial charge in [-0.2, -0.15) is 0 Å². The Balaban J connectivity index is 1.36. The Hall–Kier alpha value is -4.93. The second-order valence-corrected chi connectivity index (χ2v) is 11.1. The lowest BCUT2D eigenvalue weighted by atomic mass is 9.93. The third kappa shape index (κ3) is 3.35. The first-order chi connectivity index (χ1) is 20.2. The van der Waals surface area contributed by atoms with Gasteiger partial charge in [0, 0.05) is 37.5 Å². The summed E-state index contributed by atoms with van der Waals surface area (Å²) < 4.78 is 8.40. The molecule has 1 aliphatic rings. The molecule has 3 heterocycles. The number of hydrogen-bond acceptors (Lipinski definition) is 3. The summed E-state index contributed by atoms with van der Waals surface area (Å²) in [5.74, 6) is 0.616. The van der Waals surface area contributed by atoms with Crippen LogP contribution < -0.4 is 0 Å². The molecule has 1 aliphatic carbocycles. The van der Waals surface area contributed by atoms with E-state index >= 15 is 0 Å². The number of para-hydroxylation sites is 2. The summed E-state index contributed by atoms with van der Waals surface area (Å²) in [6.45, 7) is 0. The molecule has 3 aromatic heterocycles. The van der Waals surface area contributed by atoms with Crippen molar-refractivity contribution in [2.24, 2.45) is 0 Å². The first kappa shape index (κ1) is 22.8. The van der Waals surface area contributed by atoms with Gasteiger partial charge in [-0.15, -0.1) is 0 Å². The standard InChI is InChI=1S/C36H22ClN3O/c37-23-15-17-28-31(20-23)40(30-18-14-21-7-1-2-8-24(21)34(28)30)36-38-29-11-5-3-10-27(29)35(39-36)22-13-16-26-25-9-4-6-12-32(25)41-33(26)19-22/h2-6,8-20H,1,7H2. The number of aryl methyl sites for hydroxylation is 1. The topological polar surface area (TPSA) is 43.9 Å². The van der Waals surface area contributed by atoms with E-state index in [2.05, 4.69) is 71.3 Å². The molecule has 0 radical (unpaired) electrons. The predicted molar refractivity (Wildman–Crippen MR) is 169 cm³/mol. The second kappa shape index (κ2) is 8.53. The van der Waals surface area contributed by atoms with Crippen LogP contribution in [0.15, 0.2) is 108 Å². The maximum absolute atomic E-state index is 6.58. The third-order valence-electron chi connectivity index (χ3n) is 8.33. The molecule has 0 saturated carbocycles. The summed E-state index contributed by atoms with van der Waals surface area (Å²) in [6.07, 6.45) is 6.63. The van der Waals surface area contributed by atoms with Crippen LogP contribution in [0.3, 0.4) is 0 Å². The van der Waals surface area contributed by atoms with Crippen molar-refractivity contribution in [1.29, 1.82) is 0 Å². The molecule has 0 spiro atoms. The van der Waals surface area contributed by atoms with E-state index in [0.29, 0.717) is 11.0 Å². The molecule has 5 heteroatoms. The zero-order valence-electron chi connectivity index (χ0n) is 21.9. The smallest absolute Gasteiger partial charge is 0.235 e. The van der Waals surface area contributed by atoms with Gasteiger partial charge in [-0.1, -0.05) is 78.4 Å². The third-order valence-corrected chi connectivity index (χ3v) is 8.57. The highest BCUT2D eigenvalue weighted by atomic mass is 35.5. The molecule has 0 amide bonds. The Labute approximate surface area is 240 Å². The van der Waals surface area contributed by atoms with E-state index in [1.165, 1.54) is 16.5 Å². The van der Waals surface area contributed by atoms with Gasteiger partial charge in [0.1, 0.15) is 11.2 Å². The molecule has 0 saturated heterocycles. The van der Waals surface area contributed by atoms with Crippen molar-refractivity contribution < 1.29 is 4.42 Å². The van der Waals surface area contributed by atoms with Gasteiger partial charge in [0.25, 0.3) is 0 Å². The van der Waals surface area contributed by atoms with Crippen molar-refractivity contribution in [2.45, 2.75) is 12.8 Å². The molecule has 8 aromatic rings. The molecule has 0 bridgehead atoms. The quantitative estimate of drug-likeness (QED) is 0.216. The number of fused-ring (bicyclic) bond motifs is 9. The Morgan fingerprint density at radius 2 is 1.54 bits per heavy atom. The highest BCUT2D eigenvalue weighted by Gasteiger charge is 2.21. The zero-order valence-corrected chi connectivity index (χ0v) is 22.7. The van der Waals surface area contributed by atoms with E-state index in [0.717, 1.165) is 73.4 Å². The normalized spacial score (nSPS) is 13.2. The molecule has 0 aliphatic heterocycles. The van der Waals surface area contributed by atoms with Crippen LogP contribution in [0.4, 0.5) is 0 Å². The Bertz CT molecular complexity index is 2390. The van der Waals surface area contributed by atoms with Crippen LogP contribution in [0.25, 0.3) is 77.9 Å². The minimum atomic E-state index is 0.616. The van der Waals surface area contributed by atoms with Gasteiger partial charge in [-0.25, -0.2) is 9.97 Å². The summed E-state index contributed by atoms with van der Waals surface area (Å²) in [5.41, 5.74) is 9.16. The lowest BCUT2D eigenvalue weighted by Gasteiger charge is -2.13. The number of rotatable bonds is 2. The molecular weight excluding hydrogens is 526 g/mol. The summed E-state index contributed by atoms with van der Waals surface area (Å²) in [5, 5.41) is 6.25. The average Bonchev–Trinajstić information content (AvgIpc) is 3.55. The van der Waals surface area contributed by atoms with Crippen LogP contribution in [-0.4, -0.2) is 14.5 Å². The second-order valence-electron chi connectivity index (χ2n) is 10.7. The van der Waals surface area contributed by atoms with Crippen LogP contribution in [-0.2, 0) is 6.42 Å². The van der Waals surface area contributed by atoms with E-state index in [1.807, 2.05) is 42.5 Å². The Morgan fingerprint density at radius 3 is 2.49 bits per heavy atom. The van der Waals surface area contributed by atoms with Gasteiger partial charge in [0.2, 0.25) is 5.95 Å². The first-order valence-electron chi connectivity index (χ1n) is 13.8.